The van der Waals surface area contributed by atoms with Crippen LogP contribution in [-0.2, 0) is 38.7 Å². The van der Waals surface area contributed by atoms with Gasteiger partial charge in [-0.05, 0) is 38.5 Å². The molecule has 4 N–H and O–H groups in total. The van der Waals surface area contributed by atoms with Crippen LogP contribution in [0.15, 0.2) is 24.3 Å². The van der Waals surface area contributed by atoms with E-state index in [0.29, 0.717) is 12.8 Å². The maximum Gasteiger partial charge on any atom is 0.306 e. The van der Waals surface area contributed by atoms with E-state index in [2.05, 4.69) is 38.2 Å². The molecule has 0 saturated carbocycles. The van der Waals surface area contributed by atoms with Crippen molar-refractivity contribution in [3.05, 3.63) is 24.3 Å². The molecule has 54 heavy (non-hydrogen) atoms. The highest BCUT2D eigenvalue weighted by atomic mass is 32.2. The molecular formula is C41H74O12S. The van der Waals surface area contributed by atoms with Crippen molar-refractivity contribution in [3.63, 3.8) is 0 Å². The minimum absolute atomic E-state index is 0.164. The average Bonchev–Trinajstić information content (AvgIpc) is 3.13. The first-order valence-electron chi connectivity index (χ1n) is 20.9. The van der Waals surface area contributed by atoms with Gasteiger partial charge >= 0.3 is 11.9 Å². The summed E-state index contributed by atoms with van der Waals surface area (Å²) in [6, 6.07) is 0. The van der Waals surface area contributed by atoms with Crippen molar-refractivity contribution >= 4 is 22.1 Å². The molecule has 0 spiro atoms. The maximum absolute atomic E-state index is 12.7. The number of aliphatic hydroxyl groups is 3. The number of unbranched alkanes of at least 4 members (excludes halogenated alkanes) is 18. The van der Waals surface area contributed by atoms with Crippen molar-refractivity contribution in [2.45, 2.75) is 205 Å². The largest absolute Gasteiger partial charge is 0.462 e. The first-order valence-corrected chi connectivity index (χ1v) is 22.5. The molecule has 0 bridgehead atoms. The second kappa shape index (κ2) is 32.2. The number of hydrogen-bond acceptors (Lipinski definition) is 11. The number of rotatable bonds is 34. The zero-order chi connectivity index (χ0) is 39.9. The van der Waals surface area contributed by atoms with Gasteiger partial charge in [-0.15, -0.1) is 0 Å². The minimum atomic E-state index is -4.60. The third-order valence-corrected chi connectivity index (χ3v) is 10.3. The highest BCUT2D eigenvalue weighted by Gasteiger charge is 2.46. The summed E-state index contributed by atoms with van der Waals surface area (Å²) in [5, 5.41) is 30.8. The summed E-state index contributed by atoms with van der Waals surface area (Å²) in [6.07, 6.45) is 23.7. The topological polar surface area (TPSA) is 186 Å². The Morgan fingerprint density at radius 2 is 1.13 bits per heavy atom. The van der Waals surface area contributed by atoms with Crippen molar-refractivity contribution in [2.75, 3.05) is 19.0 Å². The van der Waals surface area contributed by atoms with E-state index >= 15 is 0 Å². The normalized spacial score (nSPS) is 21.2. The summed E-state index contributed by atoms with van der Waals surface area (Å²) in [4.78, 5) is 25.3. The summed E-state index contributed by atoms with van der Waals surface area (Å²) in [6.45, 7) is 3.69. The number of aliphatic hydroxyl groups excluding tert-OH is 3. The van der Waals surface area contributed by atoms with E-state index in [1.165, 1.54) is 64.2 Å². The molecule has 13 heteroatoms. The van der Waals surface area contributed by atoms with Crippen LogP contribution in [0.25, 0.3) is 0 Å². The lowest BCUT2D eigenvalue weighted by Gasteiger charge is -2.40. The molecule has 0 aromatic carbocycles. The van der Waals surface area contributed by atoms with Crippen LogP contribution in [0.1, 0.15) is 168 Å². The van der Waals surface area contributed by atoms with Gasteiger partial charge in [-0.1, -0.05) is 141 Å². The summed E-state index contributed by atoms with van der Waals surface area (Å²) in [5.41, 5.74) is 0. The number of allylic oxidation sites excluding steroid dienone is 4. The quantitative estimate of drug-likeness (QED) is 0.0216. The molecule has 1 heterocycles. The van der Waals surface area contributed by atoms with E-state index in [1.54, 1.807) is 0 Å². The Kier molecular flexibility index (Phi) is 29.9. The monoisotopic (exact) mass is 790 g/mol. The Morgan fingerprint density at radius 1 is 0.630 bits per heavy atom. The minimum Gasteiger partial charge on any atom is -0.462 e. The maximum atomic E-state index is 12.7. The molecule has 1 fully saturated rings. The Labute approximate surface area is 326 Å². The smallest absolute Gasteiger partial charge is 0.306 e. The van der Waals surface area contributed by atoms with E-state index in [0.717, 1.165) is 64.2 Å². The van der Waals surface area contributed by atoms with Crippen LogP contribution in [0.5, 0.6) is 0 Å². The molecule has 2 unspecified atom stereocenters. The van der Waals surface area contributed by atoms with Gasteiger partial charge in [-0.3, -0.25) is 14.1 Å². The van der Waals surface area contributed by atoms with Crippen LogP contribution in [0.4, 0.5) is 0 Å². The third kappa shape index (κ3) is 26.9. The Bertz CT molecular complexity index is 1110. The zero-order valence-electron chi connectivity index (χ0n) is 33.3. The Balaban J connectivity index is 2.50. The second-order valence-electron chi connectivity index (χ2n) is 14.7. The molecular weight excluding hydrogens is 717 g/mol. The molecule has 12 nitrogen and oxygen atoms in total. The van der Waals surface area contributed by atoms with Gasteiger partial charge in [0.25, 0.3) is 10.1 Å². The summed E-state index contributed by atoms with van der Waals surface area (Å²) < 4.78 is 53.9. The van der Waals surface area contributed by atoms with Crippen molar-refractivity contribution in [1.82, 2.24) is 0 Å². The lowest BCUT2D eigenvalue weighted by atomic mass is 10.00. The lowest BCUT2D eigenvalue weighted by Crippen LogP contribution is -2.60. The average molecular weight is 791 g/mol. The first kappa shape index (κ1) is 50.1. The molecule has 0 aromatic heterocycles. The van der Waals surface area contributed by atoms with Crippen molar-refractivity contribution < 1.29 is 56.8 Å². The number of esters is 2. The van der Waals surface area contributed by atoms with Crippen molar-refractivity contribution in [2.24, 2.45) is 0 Å². The molecule has 0 aromatic rings. The van der Waals surface area contributed by atoms with E-state index in [1.807, 2.05) is 0 Å². The van der Waals surface area contributed by atoms with Gasteiger partial charge in [-0.25, -0.2) is 0 Å². The standard InChI is InChI=1S/C41H74O12S/c1-3-5-7-9-11-13-15-17-18-20-21-23-25-27-29-36(42)50-31-34(32-51-41-40(46)39(45)38(44)35(53-41)33-54(47,48)49)52-37(43)30-28-26-24-22-19-16-14-12-10-8-6-4-2/h9,11,15,17,34-35,38-41,44-46H,3-8,10,12-14,16,18-33H2,1-2H3,(H,47,48,49)/b11-9+,17-15+/t34-,35-,38-,39?,40?,41+/m1/s1. The highest BCUT2D eigenvalue weighted by molar-refractivity contribution is 7.85. The Morgan fingerprint density at radius 3 is 1.69 bits per heavy atom. The summed E-state index contributed by atoms with van der Waals surface area (Å²) in [5.74, 6) is -2.00. The third-order valence-electron chi connectivity index (χ3n) is 9.53. The molecule has 6 atom stereocenters. The number of carbonyl (C=O) groups is 2. The van der Waals surface area contributed by atoms with Crippen LogP contribution in [0.3, 0.4) is 0 Å². The Hall–Kier alpha value is -1.87. The van der Waals surface area contributed by atoms with E-state index in [-0.39, 0.29) is 19.4 Å². The van der Waals surface area contributed by atoms with Gasteiger partial charge < -0.3 is 34.3 Å². The molecule has 0 amide bonds. The van der Waals surface area contributed by atoms with Crippen LogP contribution in [0.2, 0.25) is 0 Å². The molecule has 316 valence electrons. The molecule has 0 radical (unpaired) electrons. The highest BCUT2D eigenvalue weighted by Crippen LogP contribution is 2.24. The van der Waals surface area contributed by atoms with Gasteiger partial charge in [0.05, 0.1) is 6.61 Å². The summed E-state index contributed by atoms with van der Waals surface area (Å²) >= 11 is 0. The molecule has 1 aliphatic rings. The van der Waals surface area contributed by atoms with Gasteiger partial charge in [0.1, 0.15) is 36.8 Å². The van der Waals surface area contributed by atoms with Crippen LogP contribution >= 0.6 is 0 Å². The van der Waals surface area contributed by atoms with Crippen molar-refractivity contribution in [3.8, 4) is 0 Å². The first-order chi connectivity index (χ1) is 26.0. The van der Waals surface area contributed by atoms with Gasteiger partial charge in [0, 0.05) is 12.8 Å². The van der Waals surface area contributed by atoms with Crippen molar-refractivity contribution in [1.29, 1.82) is 0 Å². The second-order valence-corrected chi connectivity index (χ2v) is 16.2. The van der Waals surface area contributed by atoms with Crippen LogP contribution in [-0.4, -0.2) is 96.0 Å². The van der Waals surface area contributed by atoms with Gasteiger partial charge in [0.15, 0.2) is 12.4 Å². The molecule has 1 aliphatic heterocycles. The number of ether oxygens (including phenoxy) is 4. The molecule has 1 rings (SSSR count). The fourth-order valence-corrected chi connectivity index (χ4v) is 6.91. The predicted molar refractivity (Wildman–Crippen MR) is 210 cm³/mol. The molecule has 1 saturated heterocycles. The van der Waals surface area contributed by atoms with E-state index in [4.69, 9.17) is 18.9 Å². The zero-order valence-corrected chi connectivity index (χ0v) is 34.1. The lowest BCUT2D eigenvalue weighted by molar-refractivity contribution is -0.297. The van der Waals surface area contributed by atoms with Crippen LogP contribution in [0, 0.1) is 0 Å². The van der Waals surface area contributed by atoms with E-state index in [9.17, 15) is 37.9 Å². The fourth-order valence-electron chi connectivity index (χ4n) is 6.22. The van der Waals surface area contributed by atoms with Gasteiger partial charge in [-0.2, -0.15) is 8.42 Å². The van der Waals surface area contributed by atoms with Gasteiger partial charge in [0.2, 0.25) is 0 Å². The number of carbonyl (C=O) groups excluding carboxylic acids is 2. The van der Waals surface area contributed by atoms with Crippen LogP contribution < -0.4 is 0 Å². The SMILES string of the molecule is CCCC/C=C/C/C=C/CCCCCCCC(=O)OC[C@H](CO[C@H]1O[C@H](CS(=O)(=O)O)[C@@H](O)C(O)C1O)OC(=O)CCCCCCCCCCCCCC. The fraction of sp³-hybridized carbons (Fsp3) is 0.854. The van der Waals surface area contributed by atoms with E-state index < -0.39 is 71.2 Å². The predicted octanol–water partition coefficient (Wildman–Crippen LogP) is 7.67. The summed E-state index contributed by atoms with van der Waals surface area (Å²) in [7, 11) is -4.60. The molecule has 0 aliphatic carbocycles. The number of hydrogen-bond donors (Lipinski definition) is 4.